The van der Waals surface area contributed by atoms with Crippen LogP contribution in [0.15, 0.2) is 18.3 Å². The van der Waals surface area contributed by atoms with Crippen LogP contribution in [0.4, 0.5) is 0 Å². The summed E-state index contributed by atoms with van der Waals surface area (Å²) < 4.78 is 0. The molecule has 0 saturated carbocycles. The molecule has 0 saturated heterocycles. The third-order valence-corrected chi connectivity index (χ3v) is 1.70. The Bertz CT molecular complexity index is 271. The Balaban J connectivity index is 3.12. The molecule has 11 heavy (non-hydrogen) atoms. The summed E-state index contributed by atoms with van der Waals surface area (Å²) in [4.78, 5) is 4.46. The van der Waals surface area contributed by atoms with E-state index in [2.05, 4.69) is 11.9 Å². The molecule has 0 aliphatic carbocycles. The van der Waals surface area contributed by atoms with Crippen molar-refractivity contribution in [2.45, 2.75) is 13.3 Å². The normalized spacial score (nSPS) is 9.55. The molecule has 0 radical (unpaired) electrons. The molecule has 0 fully saturated rings. The van der Waals surface area contributed by atoms with Crippen LogP contribution in [0.1, 0.15) is 18.2 Å². The van der Waals surface area contributed by atoms with Crippen LogP contribution >= 0.6 is 12.2 Å². The van der Waals surface area contributed by atoms with Gasteiger partial charge in [0.25, 0.3) is 0 Å². The van der Waals surface area contributed by atoms with Gasteiger partial charge in [0.15, 0.2) is 0 Å². The molecule has 2 N–H and O–H groups in total. The quantitative estimate of drug-likeness (QED) is 0.673. The van der Waals surface area contributed by atoms with E-state index in [4.69, 9.17) is 18.0 Å². The number of hydrogen-bond donors (Lipinski definition) is 1. The van der Waals surface area contributed by atoms with E-state index in [0.29, 0.717) is 4.99 Å². The Hall–Kier alpha value is -0.960. The van der Waals surface area contributed by atoms with E-state index in [1.807, 2.05) is 12.1 Å². The highest BCUT2D eigenvalue weighted by Crippen LogP contribution is 2.04. The summed E-state index contributed by atoms with van der Waals surface area (Å²) in [6, 6.07) is 3.88. The van der Waals surface area contributed by atoms with Crippen LogP contribution in [-0.2, 0) is 6.42 Å². The molecule has 1 aromatic rings. The molecule has 0 unspecified atom stereocenters. The van der Waals surface area contributed by atoms with Gasteiger partial charge in [0.1, 0.15) is 10.7 Å². The van der Waals surface area contributed by atoms with Crippen LogP contribution in [0, 0.1) is 0 Å². The molecule has 3 heteroatoms. The van der Waals surface area contributed by atoms with Crippen molar-refractivity contribution >= 4 is 17.2 Å². The molecular formula is C8H10N2S. The summed E-state index contributed by atoms with van der Waals surface area (Å²) in [6.07, 6.45) is 2.62. The molecule has 0 amide bonds. The Morgan fingerprint density at radius 1 is 1.73 bits per heavy atom. The Labute approximate surface area is 71.4 Å². The predicted octanol–water partition coefficient (Wildman–Crippen LogP) is 1.28. The largest absolute Gasteiger partial charge is 0.388 e. The van der Waals surface area contributed by atoms with Gasteiger partial charge in [-0.3, -0.25) is 4.98 Å². The average molecular weight is 166 g/mol. The van der Waals surface area contributed by atoms with E-state index in [0.717, 1.165) is 17.7 Å². The van der Waals surface area contributed by atoms with E-state index >= 15 is 0 Å². The van der Waals surface area contributed by atoms with Gasteiger partial charge in [-0.15, -0.1) is 0 Å². The summed E-state index contributed by atoms with van der Waals surface area (Å²) in [5, 5.41) is 0. The van der Waals surface area contributed by atoms with Crippen LogP contribution < -0.4 is 5.73 Å². The zero-order valence-corrected chi connectivity index (χ0v) is 7.19. The first-order valence-corrected chi connectivity index (χ1v) is 3.90. The molecule has 0 spiro atoms. The van der Waals surface area contributed by atoms with Gasteiger partial charge in [-0.1, -0.05) is 25.2 Å². The van der Waals surface area contributed by atoms with E-state index in [9.17, 15) is 0 Å². The fraction of sp³-hybridized carbons (Fsp3) is 0.250. The van der Waals surface area contributed by atoms with Gasteiger partial charge in [0.2, 0.25) is 0 Å². The smallest absolute Gasteiger partial charge is 0.122 e. The maximum absolute atomic E-state index is 5.46. The maximum atomic E-state index is 5.46. The Morgan fingerprint density at radius 3 is 2.91 bits per heavy atom. The highest BCUT2D eigenvalue weighted by Gasteiger charge is 2.02. The minimum Gasteiger partial charge on any atom is -0.388 e. The van der Waals surface area contributed by atoms with Crippen LogP contribution in [0.3, 0.4) is 0 Å². The van der Waals surface area contributed by atoms with Crippen molar-refractivity contribution in [1.82, 2.24) is 4.98 Å². The van der Waals surface area contributed by atoms with Crippen LogP contribution in [0.2, 0.25) is 0 Å². The first-order valence-electron chi connectivity index (χ1n) is 3.49. The number of rotatable bonds is 2. The minimum atomic E-state index is 0.377. The van der Waals surface area contributed by atoms with E-state index < -0.39 is 0 Å². The number of nitrogens with two attached hydrogens (primary N) is 1. The van der Waals surface area contributed by atoms with Gasteiger partial charge in [-0.05, 0) is 18.1 Å². The molecule has 58 valence electrons. The topological polar surface area (TPSA) is 38.9 Å². The van der Waals surface area contributed by atoms with Crippen molar-refractivity contribution in [3.05, 3.63) is 29.6 Å². The molecule has 2 nitrogen and oxygen atoms in total. The summed E-state index contributed by atoms with van der Waals surface area (Å²) in [6.45, 7) is 2.05. The number of aryl methyl sites for hydroxylation is 1. The molecule has 0 bridgehead atoms. The van der Waals surface area contributed by atoms with Crippen molar-refractivity contribution in [3.8, 4) is 0 Å². The van der Waals surface area contributed by atoms with Gasteiger partial charge in [0, 0.05) is 6.20 Å². The van der Waals surface area contributed by atoms with Crippen molar-refractivity contribution < 1.29 is 0 Å². The second-order valence-corrected chi connectivity index (χ2v) is 2.67. The molecule has 0 aromatic carbocycles. The van der Waals surface area contributed by atoms with Gasteiger partial charge < -0.3 is 5.73 Å². The lowest BCUT2D eigenvalue weighted by Gasteiger charge is -2.02. The summed E-state index contributed by atoms with van der Waals surface area (Å²) >= 11 is 4.83. The monoisotopic (exact) mass is 166 g/mol. The highest BCUT2D eigenvalue weighted by atomic mass is 32.1. The van der Waals surface area contributed by atoms with E-state index in [-0.39, 0.29) is 0 Å². The summed E-state index contributed by atoms with van der Waals surface area (Å²) in [5.41, 5.74) is 7.32. The zero-order valence-electron chi connectivity index (χ0n) is 6.37. The number of thiocarbonyl (C=S) groups is 1. The second kappa shape index (κ2) is 3.44. The number of nitrogens with zero attached hydrogens (tertiary/aromatic N) is 1. The molecule has 1 aromatic heterocycles. The molecule has 0 aliphatic rings. The predicted molar refractivity (Wildman–Crippen MR) is 49.5 cm³/mol. The lowest BCUT2D eigenvalue weighted by atomic mass is 10.1. The van der Waals surface area contributed by atoms with Gasteiger partial charge in [-0.25, -0.2) is 0 Å². The van der Waals surface area contributed by atoms with Gasteiger partial charge in [0.05, 0.1) is 0 Å². The third-order valence-electron chi connectivity index (χ3n) is 1.51. The fourth-order valence-corrected chi connectivity index (χ4v) is 1.13. The molecule has 1 rings (SSSR count). The lowest BCUT2D eigenvalue weighted by molar-refractivity contribution is 1.09. The minimum absolute atomic E-state index is 0.377. The summed E-state index contributed by atoms with van der Waals surface area (Å²) in [5.74, 6) is 0. The van der Waals surface area contributed by atoms with Crippen molar-refractivity contribution in [1.29, 1.82) is 0 Å². The van der Waals surface area contributed by atoms with Crippen molar-refractivity contribution in [3.63, 3.8) is 0 Å². The molecule has 1 heterocycles. The second-order valence-electron chi connectivity index (χ2n) is 2.23. The fourth-order valence-electron chi connectivity index (χ4n) is 0.946. The zero-order chi connectivity index (χ0) is 8.27. The molecule has 0 aliphatic heterocycles. The Kier molecular flexibility index (Phi) is 2.54. The summed E-state index contributed by atoms with van der Waals surface area (Å²) in [7, 11) is 0. The van der Waals surface area contributed by atoms with Gasteiger partial charge in [-0.2, -0.15) is 0 Å². The van der Waals surface area contributed by atoms with Crippen LogP contribution in [0.25, 0.3) is 0 Å². The van der Waals surface area contributed by atoms with Crippen molar-refractivity contribution in [2.24, 2.45) is 5.73 Å². The maximum Gasteiger partial charge on any atom is 0.122 e. The highest BCUT2D eigenvalue weighted by molar-refractivity contribution is 7.80. The first kappa shape index (κ1) is 8.14. The lowest BCUT2D eigenvalue weighted by Crippen LogP contribution is -2.13. The SMILES string of the molecule is CCc1cccnc1C(N)=S. The Morgan fingerprint density at radius 2 is 2.45 bits per heavy atom. The third kappa shape index (κ3) is 1.74. The van der Waals surface area contributed by atoms with E-state index in [1.165, 1.54) is 0 Å². The van der Waals surface area contributed by atoms with Gasteiger partial charge >= 0.3 is 0 Å². The number of hydrogen-bond acceptors (Lipinski definition) is 2. The number of aromatic nitrogens is 1. The standard InChI is InChI=1S/C8H10N2S/c1-2-6-4-3-5-10-7(6)8(9)11/h3-5H,2H2,1H3,(H2,9,11). The van der Waals surface area contributed by atoms with E-state index in [1.54, 1.807) is 6.20 Å². The molecule has 0 atom stereocenters. The van der Waals surface area contributed by atoms with Crippen LogP contribution in [0.5, 0.6) is 0 Å². The van der Waals surface area contributed by atoms with Crippen LogP contribution in [-0.4, -0.2) is 9.97 Å². The number of pyridine rings is 1. The van der Waals surface area contributed by atoms with Crippen molar-refractivity contribution in [2.75, 3.05) is 0 Å². The molecular weight excluding hydrogens is 156 g/mol. The average Bonchev–Trinajstić information content (AvgIpc) is 2.04. The first-order chi connectivity index (χ1) is 5.25.